The molecule has 0 aromatic heterocycles. The SMILES string of the molecule is CC(=O)c1c(C)c(O)c2cc(C(=O)O)cc(O[C@@H]3O[C@H](CO)[C@]4(C[C@@H]5C6=C(CC=C6[C@@]6(CCO)COC[C@@H]7C[C@]89C[C@@]5(NN[C@@H]8C[C@]5(CCC[C@]58CCC5(CCCC5)C8)C9)[C@H]76)C5(CCCCC5)O4)[C@H](O)[C@H]3O)c2c1O. The highest BCUT2D eigenvalue weighted by molar-refractivity contribution is 6.11. The van der Waals surface area contributed by atoms with Gasteiger partial charge < -0.3 is 54.7 Å². The number of nitrogens with one attached hydrogen (secondary N) is 2. The molecule has 8 aliphatic carbocycles. The zero-order chi connectivity index (χ0) is 51.9. The monoisotopic (exact) mass is 1030 g/mol. The predicted molar refractivity (Wildman–Crippen MR) is 274 cm³/mol. The largest absolute Gasteiger partial charge is 0.507 e. The van der Waals surface area contributed by atoms with Gasteiger partial charge in [0.1, 0.15) is 41.2 Å². The molecule has 15 nitrogen and oxygen atoms in total. The van der Waals surface area contributed by atoms with Crippen LogP contribution in [0.5, 0.6) is 17.2 Å². The number of aromatic hydroxyl groups is 2. The molecule has 14 atom stereocenters. The van der Waals surface area contributed by atoms with Crippen LogP contribution in [-0.4, -0.2) is 121 Å². The topological polar surface area (TPSA) is 237 Å². The van der Waals surface area contributed by atoms with Crippen LogP contribution < -0.4 is 15.6 Å². The Morgan fingerprint density at radius 2 is 1.64 bits per heavy atom. The summed E-state index contributed by atoms with van der Waals surface area (Å²) in [6.45, 7) is 3.21. The average Bonchev–Trinajstić information content (AvgIpc) is 4.24. The van der Waals surface area contributed by atoms with Crippen LogP contribution >= 0.6 is 0 Å². The van der Waals surface area contributed by atoms with Gasteiger partial charge in [0.25, 0.3) is 0 Å². The van der Waals surface area contributed by atoms with Crippen molar-refractivity contribution in [3.63, 3.8) is 0 Å². The summed E-state index contributed by atoms with van der Waals surface area (Å²) in [6, 6.07) is 2.57. The molecule has 14 rings (SSSR count). The van der Waals surface area contributed by atoms with Crippen LogP contribution in [0.1, 0.15) is 174 Å². The Morgan fingerprint density at radius 3 is 2.39 bits per heavy atom. The molecule has 406 valence electrons. The first-order valence-corrected chi connectivity index (χ1v) is 28.9. The number of aromatic carboxylic acids is 1. The van der Waals surface area contributed by atoms with Crippen molar-refractivity contribution in [2.75, 3.05) is 26.4 Å². The predicted octanol–water partition coefficient (Wildman–Crippen LogP) is 7.72. The number of carboxylic acids is 1. The van der Waals surface area contributed by atoms with Gasteiger partial charge in [-0.3, -0.25) is 15.6 Å². The second kappa shape index (κ2) is 16.7. The van der Waals surface area contributed by atoms with Crippen molar-refractivity contribution in [1.29, 1.82) is 0 Å². The van der Waals surface area contributed by atoms with E-state index in [0.29, 0.717) is 49.7 Å². The van der Waals surface area contributed by atoms with Crippen molar-refractivity contribution in [2.45, 2.75) is 202 Å². The van der Waals surface area contributed by atoms with Gasteiger partial charge in [-0.15, -0.1) is 0 Å². The second-order valence-electron chi connectivity index (χ2n) is 26.9. The van der Waals surface area contributed by atoms with Crippen LogP contribution in [0.15, 0.2) is 34.9 Å². The van der Waals surface area contributed by atoms with Gasteiger partial charge in [-0.05, 0) is 179 Å². The Hall–Kier alpha value is -3.64. The molecule has 4 aliphatic heterocycles. The lowest BCUT2D eigenvalue weighted by molar-refractivity contribution is -0.346. The number of hydrazine groups is 1. The Morgan fingerprint density at radius 1 is 0.867 bits per heavy atom. The quantitative estimate of drug-likeness (QED) is 0.0954. The van der Waals surface area contributed by atoms with E-state index < -0.39 is 76.6 Å². The van der Waals surface area contributed by atoms with E-state index in [1.165, 1.54) is 107 Å². The number of rotatable bonds is 7. The summed E-state index contributed by atoms with van der Waals surface area (Å²) < 4.78 is 27.9. The molecular formula is C60H78N2O13. The molecule has 0 unspecified atom stereocenters. The summed E-state index contributed by atoms with van der Waals surface area (Å²) >= 11 is 0. The lowest BCUT2D eigenvalue weighted by Gasteiger charge is -2.71. The number of benzene rings is 2. The number of carboxylic acid groups (broad SMARTS) is 1. The van der Waals surface area contributed by atoms with Crippen LogP contribution in [0.2, 0.25) is 0 Å². The molecule has 9 N–H and O–H groups in total. The van der Waals surface area contributed by atoms with Gasteiger partial charge in [0, 0.05) is 47.1 Å². The fourth-order valence-corrected chi connectivity index (χ4v) is 21.4. The van der Waals surface area contributed by atoms with Crippen molar-refractivity contribution in [3.05, 3.63) is 51.6 Å². The normalized spacial score (nSPS) is 43.6. The van der Waals surface area contributed by atoms with E-state index in [1.807, 2.05) is 0 Å². The third-order valence-electron chi connectivity index (χ3n) is 23.9. The third-order valence-corrected chi connectivity index (χ3v) is 23.9. The molecule has 7 saturated carbocycles. The molecule has 2 bridgehead atoms. The van der Waals surface area contributed by atoms with E-state index in [9.17, 15) is 45.3 Å². The van der Waals surface area contributed by atoms with Crippen LogP contribution in [-0.2, 0) is 14.2 Å². The average molecular weight is 1040 g/mol. The highest BCUT2D eigenvalue weighted by atomic mass is 16.7. The number of carbonyl (C=O) groups excluding carboxylic acids is 1. The second-order valence-corrected chi connectivity index (χ2v) is 26.9. The highest BCUT2D eigenvalue weighted by Gasteiger charge is 2.78. The number of hydrogen-bond acceptors (Lipinski definition) is 14. The fourth-order valence-electron chi connectivity index (χ4n) is 21.4. The van der Waals surface area contributed by atoms with Gasteiger partial charge in [-0.1, -0.05) is 44.6 Å². The van der Waals surface area contributed by atoms with E-state index >= 15 is 0 Å². The molecule has 7 spiro atoms. The van der Waals surface area contributed by atoms with E-state index in [4.69, 9.17) is 18.9 Å². The zero-order valence-corrected chi connectivity index (χ0v) is 43.8. The molecule has 75 heavy (non-hydrogen) atoms. The first kappa shape index (κ1) is 49.6. The fraction of sp³-hybridized carbons (Fsp3) is 0.733. The first-order chi connectivity index (χ1) is 36.0. The maximum Gasteiger partial charge on any atom is 0.335 e. The summed E-state index contributed by atoms with van der Waals surface area (Å²) in [5.74, 6) is -3.24. The Kier molecular flexibility index (Phi) is 11.1. The van der Waals surface area contributed by atoms with E-state index in [1.54, 1.807) is 0 Å². The lowest BCUT2D eigenvalue weighted by Crippen LogP contribution is -2.81. The van der Waals surface area contributed by atoms with E-state index in [-0.39, 0.29) is 80.9 Å². The van der Waals surface area contributed by atoms with Crippen LogP contribution in [0.4, 0.5) is 0 Å². The molecule has 15 heteroatoms. The standard InChI is InChI=1S/C60H78N2O13/c1-32-43(33(2)65)47(67)44-36(46(32)66)21-34(51(70)71)22-40(44)73-52-48(68)50(69)60(42(26-64)74-52)24-39-45-37(9-10-38(45)58(75-60)15-4-3-5-16-58)57(19-20-63)31-72-27-35-23-54-29-56(25-41(54)61-62-59(39,30-54)49(35)57)14-8-13-55(56)18-17-53(28-55)11-6-7-12-53/h9,21-22,35,39,41-42,48-50,52,61-64,66-69H,3-8,10-20,23-31H2,1-2H3,(H,70,71)/t35-,39+,41+,42+,48+,49+,50+,52+,54-,55+,56+,57+,59-,60+/m0/s1. The molecule has 3 saturated heterocycles. The number of aliphatic hydroxyl groups excluding tert-OH is 4. The Bertz CT molecular complexity index is 2830. The van der Waals surface area contributed by atoms with Gasteiger partial charge in [0.2, 0.25) is 6.29 Å². The number of carbonyl (C=O) groups is 2. The smallest absolute Gasteiger partial charge is 0.335 e. The number of phenolic OH excluding ortho intramolecular Hbond substituents is 2. The maximum absolute atomic E-state index is 13.3. The molecular weight excluding hydrogens is 957 g/mol. The molecule has 2 aromatic carbocycles. The van der Waals surface area contributed by atoms with Crippen LogP contribution in [0.25, 0.3) is 10.8 Å². The number of Topliss-reactive ketones (excluding diaryl/α,β-unsaturated/α-hetero) is 1. The lowest BCUT2D eigenvalue weighted by atomic mass is 9.39. The molecule has 0 radical (unpaired) electrons. The first-order valence-electron chi connectivity index (χ1n) is 28.9. The van der Waals surface area contributed by atoms with Gasteiger partial charge in [-0.25, -0.2) is 4.79 Å². The minimum absolute atomic E-state index is 0.0118. The molecule has 10 fully saturated rings. The summed E-state index contributed by atoms with van der Waals surface area (Å²) in [4.78, 5) is 25.5. The van der Waals surface area contributed by atoms with E-state index in [2.05, 4.69) is 16.9 Å². The van der Waals surface area contributed by atoms with Gasteiger partial charge >= 0.3 is 5.97 Å². The third kappa shape index (κ3) is 6.42. The van der Waals surface area contributed by atoms with Gasteiger partial charge in [0.05, 0.1) is 35.3 Å². The Labute approximate surface area is 438 Å². The number of ether oxygens (including phenoxy) is 4. The summed E-state index contributed by atoms with van der Waals surface area (Å²) in [6.07, 6.45) is 19.2. The highest BCUT2D eigenvalue weighted by Crippen LogP contribution is 2.80. The van der Waals surface area contributed by atoms with Crippen molar-refractivity contribution in [3.8, 4) is 17.2 Å². The maximum atomic E-state index is 13.3. The Balaban J connectivity index is 0.897. The molecule has 12 aliphatic rings. The summed E-state index contributed by atoms with van der Waals surface area (Å²) in [5.41, 5.74) is 9.04. The van der Waals surface area contributed by atoms with Crippen molar-refractivity contribution in [2.24, 2.45) is 44.8 Å². The summed E-state index contributed by atoms with van der Waals surface area (Å²) in [7, 11) is 0. The van der Waals surface area contributed by atoms with Gasteiger partial charge in [-0.2, -0.15) is 0 Å². The van der Waals surface area contributed by atoms with Crippen LogP contribution in [0.3, 0.4) is 0 Å². The van der Waals surface area contributed by atoms with Crippen molar-refractivity contribution < 1.29 is 64.3 Å². The zero-order valence-electron chi connectivity index (χ0n) is 43.8. The molecule has 4 heterocycles. The molecule has 0 amide bonds. The van der Waals surface area contributed by atoms with E-state index in [0.717, 1.165) is 44.6 Å². The minimum Gasteiger partial charge on any atom is -0.507 e. The number of phenols is 2. The van der Waals surface area contributed by atoms with Crippen molar-refractivity contribution >= 4 is 22.5 Å². The minimum atomic E-state index is -1.83. The van der Waals surface area contributed by atoms with Crippen LogP contribution in [0, 0.1) is 51.8 Å². The number of aliphatic hydroxyl groups is 4. The summed E-state index contributed by atoms with van der Waals surface area (Å²) in [5, 5.41) is 82.2. The number of allylic oxidation sites excluding steroid dienone is 1. The number of fused-ring (bicyclic) bond motifs is 4. The number of ketones is 1. The number of hydrogen-bond donors (Lipinski definition) is 9. The van der Waals surface area contributed by atoms with Crippen molar-refractivity contribution in [1.82, 2.24) is 10.9 Å². The van der Waals surface area contributed by atoms with Gasteiger partial charge in [0.15, 0.2) is 5.78 Å². The molecule has 2 aromatic rings.